The molecule has 0 radical (unpaired) electrons. The number of carboxylic acid groups (broad SMARTS) is 1. The summed E-state index contributed by atoms with van der Waals surface area (Å²) in [6.45, 7) is 1.10. The quantitative estimate of drug-likeness (QED) is 0.622. The van der Waals surface area contributed by atoms with E-state index in [1.807, 2.05) is 0 Å². The summed E-state index contributed by atoms with van der Waals surface area (Å²) >= 11 is 5.62. The molecule has 21 heavy (non-hydrogen) atoms. The third-order valence-electron chi connectivity index (χ3n) is 2.78. The third-order valence-corrected chi connectivity index (χ3v) is 4.91. The number of nitro groups is 1. The Morgan fingerprint density at radius 1 is 1.52 bits per heavy atom. The Labute approximate surface area is 126 Å². The Morgan fingerprint density at radius 3 is 2.57 bits per heavy atom. The summed E-state index contributed by atoms with van der Waals surface area (Å²) < 4.78 is 25.3. The topological polar surface area (TPSA) is 118 Å². The van der Waals surface area contributed by atoms with Crippen LogP contribution in [0.4, 0.5) is 5.69 Å². The van der Waals surface area contributed by atoms with Crippen LogP contribution in [0, 0.1) is 16.0 Å². The summed E-state index contributed by atoms with van der Waals surface area (Å²) in [6.07, 6.45) is 0. The first-order valence-corrected chi connectivity index (χ1v) is 7.52. The molecule has 0 aliphatic carbocycles. The highest BCUT2D eigenvalue weighted by Gasteiger charge is 2.27. The minimum Gasteiger partial charge on any atom is -0.481 e. The lowest BCUT2D eigenvalue weighted by Crippen LogP contribution is -2.33. The average molecular weight is 337 g/mol. The number of rotatable bonds is 6. The van der Waals surface area contributed by atoms with Crippen molar-refractivity contribution in [3.63, 3.8) is 0 Å². The predicted octanol–water partition coefficient (Wildman–Crippen LogP) is 1.59. The fourth-order valence-electron chi connectivity index (χ4n) is 1.53. The van der Waals surface area contributed by atoms with Gasteiger partial charge in [-0.15, -0.1) is 0 Å². The first-order valence-electron chi connectivity index (χ1n) is 5.70. The van der Waals surface area contributed by atoms with Crippen LogP contribution < -0.4 is 0 Å². The maximum absolute atomic E-state index is 12.2. The highest BCUT2D eigenvalue weighted by molar-refractivity contribution is 7.89. The molecule has 1 rings (SSSR count). The number of carbonyl (C=O) groups is 1. The van der Waals surface area contributed by atoms with Crippen molar-refractivity contribution in [2.24, 2.45) is 5.92 Å². The van der Waals surface area contributed by atoms with Gasteiger partial charge in [0.25, 0.3) is 5.69 Å². The van der Waals surface area contributed by atoms with E-state index in [1.165, 1.54) is 14.0 Å². The van der Waals surface area contributed by atoms with Gasteiger partial charge in [0.15, 0.2) is 0 Å². The van der Waals surface area contributed by atoms with E-state index in [2.05, 4.69) is 0 Å². The van der Waals surface area contributed by atoms with Crippen LogP contribution in [0.5, 0.6) is 0 Å². The molecule has 0 spiro atoms. The van der Waals surface area contributed by atoms with E-state index in [0.717, 1.165) is 22.5 Å². The van der Waals surface area contributed by atoms with E-state index < -0.39 is 32.5 Å². The first-order chi connectivity index (χ1) is 9.57. The minimum absolute atomic E-state index is 0.180. The van der Waals surface area contributed by atoms with Gasteiger partial charge in [0.05, 0.1) is 15.7 Å². The molecule has 1 unspecified atom stereocenters. The molecule has 0 amide bonds. The lowest BCUT2D eigenvalue weighted by Gasteiger charge is -2.19. The van der Waals surface area contributed by atoms with Crippen LogP contribution in [-0.2, 0) is 14.8 Å². The third kappa shape index (κ3) is 3.90. The second kappa shape index (κ2) is 6.37. The molecule has 1 aromatic rings. The minimum atomic E-state index is -4.03. The van der Waals surface area contributed by atoms with Gasteiger partial charge in [0.2, 0.25) is 10.0 Å². The van der Waals surface area contributed by atoms with Gasteiger partial charge in [-0.1, -0.05) is 18.5 Å². The van der Waals surface area contributed by atoms with Crippen LogP contribution in [0.2, 0.25) is 5.02 Å². The number of nitro benzene ring substituents is 1. The Hall–Kier alpha value is -1.71. The summed E-state index contributed by atoms with van der Waals surface area (Å²) in [4.78, 5) is 20.4. The van der Waals surface area contributed by atoms with Crippen molar-refractivity contribution in [3.8, 4) is 0 Å². The Bertz CT molecular complexity index is 675. The van der Waals surface area contributed by atoms with Crippen molar-refractivity contribution < 1.29 is 23.2 Å². The SMILES string of the molecule is CC(CN(C)S(=O)(=O)c1ccc(Cl)c([N+](=O)[O-])c1)C(=O)O. The molecule has 0 saturated carbocycles. The number of nitrogens with zero attached hydrogens (tertiary/aromatic N) is 2. The molecular weight excluding hydrogens is 324 g/mol. The monoisotopic (exact) mass is 336 g/mol. The molecule has 0 aromatic heterocycles. The summed E-state index contributed by atoms with van der Waals surface area (Å²) in [5, 5.41) is 19.4. The predicted molar refractivity (Wildman–Crippen MR) is 74.7 cm³/mol. The van der Waals surface area contributed by atoms with Gasteiger partial charge in [-0.2, -0.15) is 0 Å². The van der Waals surface area contributed by atoms with Crippen molar-refractivity contribution >= 4 is 33.3 Å². The summed E-state index contributed by atoms with van der Waals surface area (Å²) in [6, 6.07) is 3.09. The van der Waals surface area contributed by atoms with Crippen LogP contribution in [0.1, 0.15) is 6.92 Å². The van der Waals surface area contributed by atoms with Crippen LogP contribution >= 0.6 is 11.6 Å². The fraction of sp³-hybridized carbons (Fsp3) is 0.364. The van der Waals surface area contributed by atoms with Crippen molar-refractivity contribution in [1.29, 1.82) is 0 Å². The number of carboxylic acids is 1. The van der Waals surface area contributed by atoms with E-state index >= 15 is 0 Å². The van der Waals surface area contributed by atoms with Gasteiger partial charge >= 0.3 is 5.97 Å². The molecule has 0 bridgehead atoms. The normalized spacial score (nSPS) is 13.1. The average Bonchev–Trinajstić information content (AvgIpc) is 2.38. The zero-order valence-corrected chi connectivity index (χ0v) is 12.8. The van der Waals surface area contributed by atoms with E-state index in [9.17, 15) is 23.3 Å². The fourth-order valence-corrected chi connectivity index (χ4v) is 3.00. The van der Waals surface area contributed by atoms with Gasteiger partial charge in [-0.05, 0) is 12.1 Å². The maximum Gasteiger partial charge on any atom is 0.307 e. The zero-order chi connectivity index (χ0) is 16.4. The number of hydrogen-bond acceptors (Lipinski definition) is 5. The number of hydrogen-bond donors (Lipinski definition) is 1. The molecule has 1 atom stereocenters. The zero-order valence-electron chi connectivity index (χ0n) is 11.2. The molecular formula is C11H13ClN2O6S. The number of halogens is 1. The lowest BCUT2D eigenvalue weighted by atomic mass is 10.2. The molecule has 0 aliphatic heterocycles. The highest BCUT2D eigenvalue weighted by Crippen LogP contribution is 2.28. The van der Waals surface area contributed by atoms with E-state index in [-0.39, 0.29) is 16.5 Å². The van der Waals surface area contributed by atoms with Gasteiger partial charge < -0.3 is 5.11 Å². The molecule has 116 valence electrons. The molecule has 1 aromatic carbocycles. The Kier molecular flexibility index (Phi) is 5.26. The van der Waals surface area contributed by atoms with Crippen LogP contribution in [0.25, 0.3) is 0 Å². The smallest absolute Gasteiger partial charge is 0.307 e. The molecule has 8 nitrogen and oxygen atoms in total. The number of sulfonamides is 1. The van der Waals surface area contributed by atoms with E-state index in [0.29, 0.717) is 0 Å². The number of benzene rings is 1. The van der Waals surface area contributed by atoms with Gasteiger partial charge in [0, 0.05) is 19.7 Å². The van der Waals surface area contributed by atoms with E-state index in [4.69, 9.17) is 16.7 Å². The van der Waals surface area contributed by atoms with Crippen LogP contribution in [0.3, 0.4) is 0 Å². The van der Waals surface area contributed by atoms with E-state index in [1.54, 1.807) is 0 Å². The molecule has 1 N–H and O–H groups in total. The van der Waals surface area contributed by atoms with Gasteiger partial charge in [-0.25, -0.2) is 12.7 Å². The highest BCUT2D eigenvalue weighted by atomic mass is 35.5. The van der Waals surface area contributed by atoms with Crippen molar-refractivity contribution in [2.45, 2.75) is 11.8 Å². The van der Waals surface area contributed by atoms with Crippen molar-refractivity contribution in [1.82, 2.24) is 4.31 Å². The van der Waals surface area contributed by atoms with Crippen LogP contribution in [0.15, 0.2) is 23.1 Å². The molecule has 0 aliphatic rings. The van der Waals surface area contributed by atoms with Gasteiger partial charge in [0.1, 0.15) is 5.02 Å². The summed E-state index contributed by atoms with van der Waals surface area (Å²) in [5.41, 5.74) is -0.530. The molecule has 0 fully saturated rings. The largest absolute Gasteiger partial charge is 0.481 e. The first kappa shape index (κ1) is 17.3. The lowest BCUT2D eigenvalue weighted by molar-refractivity contribution is -0.384. The summed E-state index contributed by atoms with van der Waals surface area (Å²) in [7, 11) is -2.83. The Balaban J connectivity index is 3.16. The molecule has 0 heterocycles. The van der Waals surface area contributed by atoms with Crippen molar-refractivity contribution in [3.05, 3.63) is 33.3 Å². The van der Waals surface area contributed by atoms with Gasteiger partial charge in [-0.3, -0.25) is 14.9 Å². The van der Waals surface area contributed by atoms with Crippen molar-refractivity contribution in [2.75, 3.05) is 13.6 Å². The standard InChI is InChI=1S/C11H13ClN2O6S/c1-7(11(15)16)6-13(2)21(19,20)8-3-4-9(12)10(5-8)14(17)18/h3-5,7H,6H2,1-2H3,(H,15,16). The van der Waals surface area contributed by atoms with Crippen LogP contribution in [-0.4, -0.2) is 42.3 Å². The maximum atomic E-state index is 12.2. The Morgan fingerprint density at radius 2 is 2.10 bits per heavy atom. The second-order valence-electron chi connectivity index (χ2n) is 4.40. The number of aliphatic carboxylic acids is 1. The second-order valence-corrected chi connectivity index (χ2v) is 6.85. The molecule has 10 heteroatoms. The molecule has 0 saturated heterocycles. The summed E-state index contributed by atoms with van der Waals surface area (Å²) in [5.74, 6) is -2.05.